The van der Waals surface area contributed by atoms with Crippen LogP contribution in [0.1, 0.15) is 18.9 Å². The van der Waals surface area contributed by atoms with Crippen LogP contribution < -0.4 is 5.32 Å². The van der Waals surface area contributed by atoms with Gasteiger partial charge in [0.2, 0.25) is 0 Å². The van der Waals surface area contributed by atoms with Crippen molar-refractivity contribution in [3.63, 3.8) is 0 Å². The Morgan fingerprint density at radius 2 is 2.00 bits per heavy atom. The number of nitro benzene ring substituents is 1. The first kappa shape index (κ1) is 15.4. The van der Waals surface area contributed by atoms with Crippen LogP contribution in [0.15, 0.2) is 18.2 Å². The average Bonchev–Trinajstić information content (AvgIpc) is 2.42. The maximum atomic E-state index is 10.7. The van der Waals surface area contributed by atoms with Gasteiger partial charge in [-0.25, -0.2) is 0 Å². The maximum Gasteiger partial charge on any atom is 0.269 e. The Balaban J connectivity index is 2.50. The van der Waals surface area contributed by atoms with Gasteiger partial charge in [-0.2, -0.15) is 0 Å². The molecule has 6 nitrogen and oxygen atoms in total. The molecule has 0 atom stereocenters. The van der Waals surface area contributed by atoms with E-state index in [1.165, 1.54) is 12.1 Å². The Bertz CT molecular complexity index is 410. The number of hydrogen-bond acceptors (Lipinski definition) is 5. The predicted octanol–water partition coefficient (Wildman–Crippen LogP) is 2.58. The molecule has 0 spiro atoms. The topological polar surface area (TPSA) is 73.6 Å². The highest BCUT2D eigenvalue weighted by Crippen LogP contribution is 2.22. The molecular weight excluding hydrogens is 248 g/mol. The average molecular weight is 268 g/mol. The van der Waals surface area contributed by atoms with Crippen LogP contribution in [0, 0.1) is 10.1 Å². The zero-order valence-corrected chi connectivity index (χ0v) is 11.3. The predicted molar refractivity (Wildman–Crippen MR) is 73.4 cm³/mol. The third-order valence-electron chi connectivity index (χ3n) is 2.55. The lowest BCUT2D eigenvalue weighted by Gasteiger charge is -2.10. The molecule has 1 rings (SSSR count). The van der Waals surface area contributed by atoms with E-state index in [2.05, 4.69) is 5.32 Å². The van der Waals surface area contributed by atoms with E-state index in [9.17, 15) is 10.1 Å². The minimum atomic E-state index is -0.409. The van der Waals surface area contributed by atoms with Gasteiger partial charge in [0.1, 0.15) is 0 Å². The van der Waals surface area contributed by atoms with Gasteiger partial charge < -0.3 is 14.8 Å². The molecule has 0 amide bonds. The number of nitrogens with one attached hydrogen (secondary N) is 1. The van der Waals surface area contributed by atoms with Gasteiger partial charge in [-0.05, 0) is 12.5 Å². The van der Waals surface area contributed by atoms with Crippen LogP contribution >= 0.6 is 0 Å². The van der Waals surface area contributed by atoms with E-state index in [4.69, 9.17) is 9.47 Å². The molecular formula is C13H20N2O4. The summed E-state index contributed by atoms with van der Waals surface area (Å²) >= 11 is 0. The summed E-state index contributed by atoms with van der Waals surface area (Å²) in [5, 5.41) is 13.7. The lowest BCUT2D eigenvalue weighted by atomic mass is 10.1. The van der Waals surface area contributed by atoms with Crippen molar-refractivity contribution in [3.05, 3.63) is 33.9 Å². The number of nitrogens with zero attached hydrogens (tertiary/aromatic N) is 1. The molecule has 0 aliphatic carbocycles. The Labute approximate surface area is 112 Å². The molecule has 19 heavy (non-hydrogen) atoms. The summed E-state index contributed by atoms with van der Waals surface area (Å²) in [5.74, 6) is 0. The summed E-state index contributed by atoms with van der Waals surface area (Å²) in [4.78, 5) is 10.3. The Morgan fingerprint density at radius 1 is 1.26 bits per heavy atom. The molecule has 0 aromatic heterocycles. The van der Waals surface area contributed by atoms with Gasteiger partial charge in [0.15, 0.2) is 0 Å². The van der Waals surface area contributed by atoms with Crippen molar-refractivity contribution in [2.24, 2.45) is 0 Å². The third kappa shape index (κ3) is 5.23. The van der Waals surface area contributed by atoms with Crippen LogP contribution in [0.2, 0.25) is 0 Å². The standard InChI is InChI=1S/C13H20N2O4/c1-3-6-18-7-8-19-10-11-9-12(15(16)17)4-5-13(11)14-2/h4-5,9,14H,3,6-8,10H2,1-2H3. The van der Waals surface area contributed by atoms with Gasteiger partial charge in [-0.15, -0.1) is 0 Å². The highest BCUT2D eigenvalue weighted by molar-refractivity contribution is 5.55. The first-order valence-corrected chi connectivity index (χ1v) is 6.29. The van der Waals surface area contributed by atoms with Gasteiger partial charge in [0.05, 0.1) is 24.7 Å². The molecule has 0 saturated heterocycles. The van der Waals surface area contributed by atoms with Crippen LogP contribution in [0.5, 0.6) is 0 Å². The number of non-ortho nitro benzene ring substituents is 1. The van der Waals surface area contributed by atoms with E-state index in [-0.39, 0.29) is 5.69 Å². The number of benzene rings is 1. The first-order chi connectivity index (χ1) is 9.19. The molecule has 0 fully saturated rings. The van der Waals surface area contributed by atoms with Crippen LogP contribution in [-0.4, -0.2) is 31.8 Å². The maximum absolute atomic E-state index is 10.7. The third-order valence-corrected chi connectivity index (χ3v) is 2.55. The van der Waals surface area contributed by atoms with Crippen molar-refractivity contribution in [1.82, 2.24) is 0 Å². The van der Waals surface area contributed by atoms with E-state index in [1.54, 1.807) is 13.1 Å². The van der Waals surface area contributed by atoms with E-state index in [0.717, 1.165) is 24.3 Å². The zero-order valence-electron chi connectivity index (χ0n) is 11.3. The van der Waals surface area contributed by atoms with Crippen molar-refractivity contribution in [2.75, 3.05) is 32.2 Å². The van der Waals surface area contributed by atoms with Gasteiger partial charge in [0.25, 0.3) is 5.69 Å². The van der Waals surface area contributed by atoms with Gasteiger partial charge in [-0.3, -0.25) is 10.1 Å². The van der Waals surface area contributed by atoms with E-state index >= 15 is 0 Å². The number of nitro groups is 1. The van der Waals surface area contributed by atoms with E-state index in [0.29, 0.717) is 19.8 Å². The van der Waals surface area contributed by atoms with Crippen molar-refractivity contribution in [2.45, 2.75) is 20.0 Å². The minimum absolute atomic E-state index is 0.0693. The summed E-state index contributed by atoms with van der Waals surface area (Å²) in [6, 6.07) is 4.68. The van der Waals surface area contributed by atoms with Crippen LogP contribution in [0.3, 0.4) is 0 Å². The fourth-order valence-electron chi connectivity index (χ4n) is 1.60. The molecule has 1 aromatic carbocycles. The first-order valence-electron chi connectivity index (χ1n) is 6.29. The quantitative estimate of drug-likeness (QED) is 0.423. The lowest BCUT2D eigenvalue weighted by Crippen LogP contribution is -2.06. The minimum Gasteiger partial charge on any atom is -0.388 e. The monoisotopic (exact) mass is 268 g/mol. The number of anilines is 1. The second kappa shape index (κ2) is 8.44. The van der Waals surface area contributed by atoms with Crippen molar-refractivity contribution >= 4 is 11.4 Å². The Kier molecular flexibility index (Phi) is 6.84. The van der Waals surface area contributed by atoms with Crippen molar-refractivity contribution in [1.29, 1.82) is 0 Å². The summed E-state index contributed by atoms with van der Waals surface area (Å²) in [7, 11) is 1.77. The molecule has 0 bridgehead atoms. The normalized spacial score (nSPS) is 10.4. The number of hydrogen-bond donors (Lipinski definition) is 1. The molecule has 1 N–H and O–H groups in total. The fraction of sp³-hybridized carbons (Fsp3) is 0.538. The van der Waals surface area contributed by atoms with Crippen LogP contribution in [0.4, 0.5) is 11.4 Å². The smallest absolute Gasteiger partial charge is 0.269 e. The SMILES string of the molecule is CCCOCCOCc1cc([N+](=O)[O-])ccc1NC. The highest BCUT2D eigenvalue weighted by atomic mass is 16.6. The molecule has 1 aromatic rings. The number of ether oxygens (including phenoxy) is 2. The summed E-state index contributed by atoms with van der Waals surface area (Å²) in [6.45, 7) is 4.11. The van der Waals surface area contributed by atoms with Crippen molar-refractivity contribution < 1.29 is 14.4 Å². The fourth-order valence-corrected chi connectivity index (χ4v) is 1.60. The molecule has 0 unspecified atom stereocenters. The Morgan fingerprint density at radius 3 is 2.63 bits per heavy atom. The summed E-state index contributed by atoms with van der Waals surface area (Å²) in [5.41, 5.74) is 1.67. The zero-order chi connectivity index (χ0) is 14.1. The van der Waals surface area contributed by atoms with Crippen molar-refractivity contribution in [3.8, 4) is 0 Å². The molecule has 6 heteroatoms. The van der Waals surface area contributed by atoms with E-state index in [1.807, 2.05) is 6.92 Å². The summed E-state index contributed by atoms with van der Waals surface area (Å²) < 4.78 is 10.7. The lowest BCUT2D eigenvalue weighted by molar-refractivity contribution is -0.384. The van der Waals surface area contributed by atoms with Crippen LogP contribution in [0.25, 0.3) is 0 Å². The molecule has 0 aliphatic heterocycles. The molecule has 0 saturated carbocycles. The molecule has 0 heterocycles. The highest BCUT2D eigenvalue weighted by Gasteiger charge is 2.10. The molecule has 0 aliphatic rings. The largest absolute Gasteiger partial charge is 0.388 e. The molecule has 106 valence electrons. The summed E-state index contributed by atoms with van der Waals surface area (Å²) in [6.07, 6.45) is 0.981. The number of rotatable bonds is 9. The second-order valence-corrected chi connectivity index (χ2v) is 4.01. The Hall–Kier alpha value is -1.66. The van der Waals surface area contributed by atoms with E-state index < -0.39 is 4.92 Å². The van der Waals surface area contributed by atoms with Gasteiger partial charge >= 0.3 is 0 Å². The van der Waals surface area contributed by atoms with Crippen LogP contribution in [-0.2, 0) is 16.1 Å². The molecule has 0 radical (unpaired) electrons. The second-order valence-electron chi connectivity index (χ2n) is 4.01. The van der Waals surface area contributed by atoms with Gasteiger partial charge in [0, 0.05) is 37.0 Å². The van der Waals surface area contributed by atoms with Gasteiger partial charge in [-0.1, -0.05) is 6.92 Å².